The molecule has 13 N–H and O–H groups in total. The molecule has 4 unspecified atom stereocenters. The van der Waals surface area contributed by atoms with Crippen LogP contribution in [0.25, 0.3) is 11.5 Å². The largest absolute Gasteiger partial charge is 0.508 e. The van der Waals surface area contributed by atoms with Crippen LogP contribution in [0.1, 0.15) is 99.1 Å². The molecule has 7 aliphatic rings. The first kappa shape index (κ1) is 55.9. The predicted octanol–water partition coefficient (Wildman–Crippen LogP) is 2.68. The molecule has 0 heterocycles. The molecule has 0 aromatic heterocycles. The molecule has 2 aromatic rings. The number of rotatable bonds is 5. The van der Waals surface area contributed by atoms with Gasteiger partial charge in [0.15, 0.2) is 22.8 Å². The summed E-state index contributed by atoms with van der Waals surface area (Å²) in [5, 5.41) is 102. The molecule has 10 atom stereocenters. The number of carbonyl (C=O) groups excluding carboxylic acids is 6. The van der Waals surface area contributed by atoms with E-state index >= 15 is 0 Å². The van der Waals surface area contributed by atoms with Gasteiger partial charge in [-0.3, -0.25) is 38.6 Å². The molecular weight excluding hydrogens is 995 g/mol. The van der Waals surface area contributed by atoms with Crippen LogP contribution in [-0.2, 0) is 40.6 Å². The number of primary amides is 2. The maximum Gasteiger partial charge on any atom is 0.255 e. The number of phenols is 2. The zero-order valence-corrected chi connectivity index (χ0v) is 44.6. The highest BCUT2D eigenvalue weighted by molar-refractivity contribution is 6.26. The molecule has 20 nitrogen and oxygen atoms in total. The van der Waals surface area contributed by atoms with Crippen LogP contribution in [-0.4, -0.2) is 162 Å². The fourth-order valence-electron chi connectivity index (χ4n) is 13.1. The summed E-state index contributed by atoms with van der Waals surface area (Å²) in [5.74, 6) is -9.45. The van der Waals surface area contributed by atoms with Crippen molar-refractivity contribution in [3.8, 4) is 23.3 Å². The summed E-state index contributed by atoms with van der Waals surface area (Å²) in [6.07, 6.45) is 4.68. The quantitative estimate of drug-likeness (QED) is 0.151. The second kappa shape index (κ2) is 19.3. The third-order valence-electron chi connectivity index (χ3n) is 16.8. The molecule has 0 saturated heterocycles. The summed E-state index contributed by atoms with van der Waals surface area (Å²) in [5.41, 5.74) is 5.83. The van der Waals surface area contributed by atoms with E-state index in [0.717, 1.165) is 31.3 Å². The smallest absolute Gasteiger partial charge is 0.255 e. The lowest BCUT2D eigenvalue weighted by Crippen LogP contribution is -2.70. The summed E-state index contributed by atoms with van der Waals surface area (Å²) >= 11 is 0. The minimum absolute atomic E-state index is 0.00147. The fraction of sp³-hybridized carbons (Fsp3) is 0.474. The monoisotopic (exact) mass is 1060 g/mol. The third kappa shape index (κ3) is 8.24. The Labute approximate surface area is 445 Å². The number of aliphatic hydroxyl groups excluding tert-OH is 5. The molecular formula is C57H67N5O15. The Morgan fingerprint density at radius 3 is 1.83 bits per heavy atom. The first-order valence-corrected chi connectivity index (χ1v) is 25.4. The van der Waals surface area contributed by atoms with Gasteiger partial charge in [-0.25, -0.2) is 0 Å². The lowest BCUT2D eigenvalue weighted by Gasteiger charge is -2.53. The number of hydrogen-bond donors (Lipinski definition) is 11. The normalized spacial score (nSPS) is 29.8. The maximum atomic E-state index is 14.1. The molecule has 0 spiro atoms. The Hall–Kier alpha value is -7.28. The summed E-state index contributed by atoms with van der Waals surface area (Å²) in [6, 6.07) is 2.69. The standard InChI is InChI=1S/C31H35N3O7.C26H32N2O8/c1-33(2)20-14-16(11-10-15-8-6-5-7-9-15)25(35)22-18(20)12-17-13-19-24(34(3)4)27(37)23(30(32)40)29(39)31(19,41)28(38)21(17)26(22)36;1-9-10-7-8-11(25(2,3)4)18(29)13(10)19(30)14-12(9)20(31)16-17(28(5)6)21(32)15(24(27)35)23(34)26(16,36)22(14)33/h8,14,17,19,24,35-36,39,41H,5-7,9,12-13H2,1-4H3,(H2,32,40);7-9,12,16-17,20,29-31,34,36H,1-6H3,(H2,27,35)/t17?,19?,24-,31-;9-,12?,16?,17-,20-,26-/m00/s1. The van der Waals surface area contributed by atoms with E-state index in [1.807, 2.05) is 39.8 Å². The van der Waals surface area contributed by atoms with Crippen molar-refractivity contribution >= 4 is 52.2 Å². The molecule has 0 aliphatic heterocycles. The van der Waals surface area contributed by atoms with Gasteiger partial charge in [0.2, 0.25) is 11.6 Å². The van der Waals surface area contributed by atoms with Gasteiger partial charge in [-0.05, 0) is 107 Å². The van der Waals surface area contributed by atoms with Gasteiger partial charge in [0.25, 0.3) is 11.8 Å². The number of ketones is 4. The van der Waals surface area contributed by atoms with E-state index in [1.54, 1.807) is 39.2 Å². The molecule has 2 aromatic carbocycles. The highest BCUT2D eigenvalue weighted by Crippen LogP contribution is 2.58. The molecule has 2 amide bonds. The minimum atomic E-state index is -2.92. The number of amides is 2. The van der Waals surface area contributed by atoms with Crippen molar-refractivity contribution in [2.45, 2.75) is 107 Å². The van der Waals surface area contributed by atoms with Gasteiger partial charge >= 0.3 is 0 Å². The Bertz CT molecular complexity index is 3230. The number of hydrogen-bond acceptors (Lipinski definition) is 18. The van der Waals surface area contributed by atoms with Gasteiger partial charge < -0.3 is 62.3 Å². The van der Waals surface area contributed by atoms with E-state index in [-0.39, 0.29) is 46.6 Å². The first-order chi connectivity index (χ1) is 35.8. The highest BCUT2D eigenvalue weighted by Gasteiger charge is 2.69. The van der Waals surface area contributed by atoms with Crippen molar-refractivity contribution in [3.05, 3.63) is 97.0 Å². The number of benzene rings is 2. The first-order valence-electron chi connectivity index (χ1n) is 25.4. The van der Waals surface area contributed by atoms with E-state index in [0.29, 0.717) is 22.4 Å². The van der Waals surface area contributed by atoms with E-state index in [9.17, 15) is 74.7 Å². The second-order valence-corrected chi connectivity index (χ2v) is 23.0. The van der Waals surface area contributed by atoms with Crippen molar-refractivity contribution in [2.24, 2.45) is 35.1 Å². The van der Waals surface area contributed by atoms with Crippen LogP contribution in [0.2, 0.25) is 0 Å². The molecule has 0 bridgehead atoms. The molecule has 2 saturated carbocycles. The lowest BCUT2D eigenvalue weighted by atomic mass is 9.54. The molecule has 77 heavy (non-hydrogen) atoms. The Morgan fingerprint density at radius 2 is 1.30 bits per heavy atom. The molecule has 9 rings (SSSR count). The van der Waals surface area contributed by atoms with Crippen molar-refractivity contribution in [1.82, 2.24) is 9.80 Å². The van der Waals surface area contributed by atoms with Gasteiger partial charge in [-0.15, -0.1) is 0 Å². The number of anilines is 1. The summed E-state index contributed by atoms with van der Waals surface area (Å²) < 4.78 is 0. The number of likely N-dealkylation sites (N-methyl/N-ethyl adjacent to an activating group) is 2. The Morgan fingerprint density at radius 1 is 0.740 bits per heavy atom. The zero-order valence-electron chi connectivity index (χ0n) is 44.6. The van der Waals surface area contributed by atoms with Gasteiger partial charge in [0.1, 0.15) is 45.7 Å². The molecule has 2 fully saturated rings. The van der Waals surface area contributed by atoms with Crippen LogP contribution in [0.4, 0.5) is 5.69 Å². The fourth-order valence-corrected chi connectivity index (χ4v) is 13.1. The summed E-state index contributed by atoms with van der Waals surface area (Å²) in [4.78, 5) is 83.3. The van der Waals surface area contributed by atoms with E-state index in [1.165, 1.54) is 23.9 Å². The van der Waals surface area contributed by atoms with Crippen LogP contribution in [0.15, 0.2) is 63.7 Å². The molecule has 20 heteroatoms. The van der Waals surface area contributed by atoms with E-state index in [2.05, 4.69) is 17.9 Å². The van der Waals surface area contributed by atoms with Crippen molar-refractivity contribution < 1.29 is 74.7 Å². The molecule has 410 valence electrons. The average Bonchev–Trinajstić information content (AvgIpc) is 3.35. The topological polar surface area (TPSA) is 346 Å². The summed E-state index contributed by atoms with van der Waals surface area (Å²) in [7, 11) is 9.73. The molecule has 7 aliphatic carbocycles. The number of fused-ring (bicyclic) bond motifs is 6. The third-order valence-corrected chi connectivity index (χ3v) is 16.8. The van der Waals surface area contributed by atoms with Crippen LogP contribution in [0.3, 0.4) is 0 Å². The van der Waals surface area contributed by atoms with E-state index in [4.69, 9.17) is 11.5 Å². The van der Waals surface area contributed by atoms with E-state index < -0.39 is 139 Å². The van der Waals surface area contributed by atoms with Crippen LogP contribution in [0, 0.1) is 35.5 Å². The summed E-state index contributed by atoms with van der Waals surface area (Å²) in [6.45, 7) is 7.30. The number of aromatic hydroxyl groups is 2. The van der Waals surface area contributed by atoms with Crippen LogP contribution >= 0.6 is 0 Å². The predicted molar refractivity (Wildman–Crippen MR) is 281 cm³/mol. The van der Waals surface area contributed by atoms with Gasteiger partial charge in [0.05, 0.1) is 40.8 Å². The SMILES string of the molecule is CN(C)c1cc(C#CC2=CCCCC2)c(O)c2c1CC1CC3[C@H](N(C)C)C(=O)C(C(N)=O)=C(O)[C@@]3(O)C(=O)C1=C2O.C[C@H]1c2ccc(C(C)(C)C)c(O)c2C(O)=C2C(=O)[C@]3(O)C(O)=C(C(N)=O)C(=O)[C@@H](N(C)C)C3[C@@H](O)C21. The van der Waals surface area contributed by atoms with Crippen LogP contribution < -0.4 is 16.4 Å². The lowest BCUT2D eigenvalue weighted by molar-refractivity contribution is -0.169. The number of nitrogens with zero attached hydrogens (tertiary/aromatic N) is 3. The number of Topliss-reactive ketones (excluding diaryl/α,β-unsaturated/α-hetero) is 4. The van der Waals surface area contributed by atoms with Gasteiger partial charge in [-0.2, -0.15) is 0 Å². The highest BCUT2D eigenvalue weighted by atomic mass is 16.4. The average molecular weight is 1060 g/mol. The molecule has 0 radical (unpaired) electrons. The number of aliphatic hydroxyl groups is 7. The van der Waals surface area contributed by atoms with Crippen molar-refractivity contribution in [2.75, 3.05) is 47.2 Å². The van der Waals surface area contributed by atoms with Gasteiger partial charge in [0, 0.05) is 48.3 Å². The minimum Gasteiger partial charge on any atom is -0.508 e. The number of allylic oxidation sites excluding steroid dienone is 2. The van der Waals surface area contributed by atoms with Crippen LogP contribution in [0.5, 0.6) is 11.5 Å². The zero-order chi connectivity index (χ0) is 57.2. The van der Waals surface area contributed by atoms with Crippen molar-refractivity contribution in [1.29, 1.82) is 0 Å². The number of phenolic OH excluding ortho intramolecular Hbond substituents is 2. The number of carbonyl (C=O) groups is 6. The van der Waals surface area contributed by atoms with Gasteiger partial charge in [-0.1, -0.05) is 57.7 Å². The van der Waals surface area contributed by atoms with Crippen molar-refractivity contribution in [3.63, 3.8) is 0 Å². The number of nitrogens with two attached hydrogens (primary N) is 2. The Kier molecular flexibility index (Phi) is 14.0. The Balaban J connectivity index is 0.000000205. The second-order valence-electron chi connectivity index (χ2n) is 23.0. The maximum absolute atomic E-state index is 14.1.